The largest absolute Gasteiger partial charge is 0.497 e. The number of fused-ring (bicyclic) bond motifs is 1. The van der Waals surface area contributed by atoms with Gasteiger partial charge in [-0.3, -0.25) is 9.59 Å². The standard InChI is InChI=1S/C22H22FN3O3/c1-29-18-6-7-20-19(11-18)14(12-25-20)8-9-24-22(28)15-10-21(27)26(13-15)17-4-2-16(23)3-5-17/h2-7,11-12,15,25H,8-10,13H2,1H3,(H,24,28). The van der Waals surface area contributed by atoms with Gasteiger partial charge in [-0.1, -0.05) is 0 Å². The molecule has 1 atom stereocenters. The zero-order chi connectivity index (χ0) is 20.4. The number of carbonyl (C=O) groups is 2. The number of nitrogens with one attached hydrogen (secondary N) is 2. The van der Waals surface area contributed by atoms with Gasteiger partial charge in [-0.25, -0.2) is 4.39 Å². The highest BCUT2D eigenvalue weighted by Crippen LogP contribution is 2.26. The van der Waals surface area contributed by atoms with E-state index in [0.717, 1.165) is 22.2 Å². The average molecular weight is 395 g/mol. The van der Waals surface area contributed by atoms with Gasteiger partial charge in [0.25, 0.3) is 0 Å². The van der Waals surface area contributed by atoms with Crippen LogP contribution in [0.15, 0.2) is 48.7 Å². The molecule has 0 saturated carbocycles. The summed E-state index contributed by atoms with van der Waals surface area (Å²) in [6, 6.07) is 11.6. The predicted octanol–water partition coefficient (Wildman–Crippen LogP) is 3.03. The van der Waals surface area contributed by atoms with E-state index in [1.807, 2.05) is 24.4 Å². The van der Waals surface area contributed by atoms with Crippen LogP contribution >= 0.6 is 0 Å². The molecule has 1 unspecified atom stereocenters. The molecule has 3 aromatic rings. The first-order valence-electron chi connectivity index (χ1n) is 9.53. The Morgan fingerprint density at radius 3 is 2.83 bits per heavy atom. The maximum absolute atomic E-state index is 13.1. The summed E-state index contributed by atoms with van der Waals surface area (Å²) >= 11 is 0. The number of methoxy groups -OCH3 is 1. The third kappa shape index (κ3) is 3.94. The lowest BCUT2D eigenvalue weighted by atomic mass is 10.1. The molecule has 29 heavy (non-hydrogen) atoms. The number of aromatic nitrogens is 1. The SMILES string of the molecule is COc1ccc2[nH]cc(CCNC(=O)C3CC(=O)N(c4ccc(F)cc4)C3)c2c1. The van der Waals surface area contributed by atoms with Crippen molar-refractivity contribution >= 4 is 28.4 Å². The molecule has 1 saturated heterocycles. The van der Waals surface area contributed by atoms with Crippen molar-refractivity contribution in [3.05, 3.63) is 60.0 Å². The van der Waals surface area contributed by atoms with E-state index in [0.29, 0.717) is 25.2 Å². The number of halogens is 1. The minimum absolute atomic E-state index is 0.125. The van der Waals surface area contributed by atoms with Crippen LogP contribution in [0.25, 0.3) is 10.9 Å². The van der Waals surface area contributed by atoms with Crippen molar-refractivity contribution in [2.75, 3.05) is 25.1 Å². The number of nitrogens with zero attached hydrogens (tertiary/aromatic N) is 1. The van der Waals surface area contributed by atoms with E-state index < -0.39 is 5.92 Å². The zero-order valence-corrected chi connectivity index (χ0v) is 16.1. The van der Waals surface area contributed by atoms with Crippen LogP contribution in [0.3, 0.4) is 0 Å². The predicted molar refractivity (Wildman–Crippen MR) is 108 cm³/mol. The second-order valence-electron chi connectivity index (χ2n) is 7.15. The molecule has 1 aliphatic heterocycles. The number of ether oxygens (including phenoxy) is 1. The van der Waals surface area contributed by atoms with E-state index in [4.69, 9.17) is 4.74 Å². The molecular formula is C22H22FN3O3. The zero-order valence-electron chi connectivity index (χ0n) is 16.1. The molecule has 1 fully saturated rings. The van der Waals surface area contributed by atoms with E-state index in [2.05, 4.69) is 10.3 Å². The summed E-state index contributed by atoms with van der Waals surface area (Å²) in [7, 11) is 1.63. The van der Waals surface area contributed by atoms with Gasteiger partial charge in [0.1, 0.15) is 11.6 Å². The van der Waals surface area contributed by atoms with Crippen LogP contribution in [-0.4, -0.2) is 37.0 Å². The molecule has 0 spiro atoms. The van der Waals surface area contributed by atoms with Gasteiger partial charge >= 0.3 is 0 Å². The quantitative estimate of drug-likeness (QED) is 0.674. The summed E-state index contributed by atoms with van der Waals surface area (Å²) in [6.07, 6.45) is 2.76. The van der Waals surface area contributed by atoms with Gasteiger partial charge < -0.3 is 19.9 Å². The Balaban J connectivity index is 1.34. The molecular weight excluding hydrogens is 373 g/mol. The minimum Gasteiger partial charge on any atom is -0.497 e. The summed E-state index contributed by atoms with van der Waals surface area (Å²) in [6.45, 7) is 0.783. The average Bonchev–Trinajstić information content (AvgIpc) is 3.32. The van der Waals surface area contributed by atoms with Gasteiger partial charge in [-0.15, -0.1) is 0 Å². The Kier molecular flexibility index (Phi) is 5.20. The van der Waals surface area contributed by atoms with Gasteiger partial charge in [-0.05, 0) is 54.4 Å². The van der Waals surface area contributed by atoms with Crippen molar-refractivity contribution in [3.63, 3.8) is 0 Å². The van der Waals surface area contributed by atoms with Gasteiger partial charge in [0, 0.05) is 42.3 Å². The smallest absolute Gasteiger partial charge is 0.227 e. The summed E-state index contributed by atoms with van der Waals surface area (Å²) in [5.41, 5.74) is 2.72. The fourth-order valence-corrected chi connectivity index (χ4v) is 3.71. The highest BCUT2D eigenvalue weighted by atomic mass is 19.1. The van der Waals surface area contributed by atoms with Crippen molar-refractivity contribution in [2.24, 2.45) is 5.92 Å². The first-order chi connectivity index (χ1) is 14.0. The second-order valence-corrected chi connectivity index (χ2v) is 7.15. The van der Waals surface area contributed by atoms with Gasteiger partial charge in [0.2, 0.25) is 11.8 Å². The van der Waals surface area contributed by atoms with Crippen LogP contribution in [0.1, 0.15) is 12.0 Å². The van der Waals surface area contributed by atoms with Crippen LogP contribution in [0.2, 0.25) is 0 Å². The topological polar surface area (TPSA) is 74.4 Å². The molecule has 2 amide bonds. The van der Waals surface area contributed by atoms with Crippen LogP contribution < -0.4 is 15.0 Å². The highest BCUT2D eigenvalue weighted by Gasteiger charge is 2.34. The van der Waals surface area contributed by atoms with Crippen LogP contribution in [0.4, 0.5) is 10.1 Å². The molecule has 2 N–H and O–H groups in total. The second kappa shape index (κ2) is 7.95. The Labute approximate surface area is 167 Å². The van der Waals surface area contributed by atoms with E-state index in [1.54, 1.807) is 19.2 Å². The van der Waals surface area contributed by atoms with E-state index in [-0.39, 0.29) is 24.1 Å². The number of hydrogen-bond donors (Lipinski definition) is 2. The molecule has 150 valence electrons. The van der Waals surface area contributed by atoms with Gasteiger partial charge in [0.15, 0.2) is 0 Å². The van der Waals surface area contributed by atoms with E-state index in [1.165, 1.54) is 17.0 Å². The number of H-pyrrole nitrogens is 1. The first kappa shape index (κ1) is 19.0. The monoisotopic (exact) mass is 395 g/mol. The van der Waals surface area contributed by atoms with Gasteiger partial charge in [-0.2, -0.15) is 0 Å². The van der Waals surface area contributed by atoms with Crippen LogP contribution in [0, 0.1) is 11.7 Å². The van der Waals surface area contributed by atoms with Crippen molar-refractivity contribution in [3.8, 4) is 5.75 Å². The number of rotatable bonds is 6. The number of benzene rings is 2. The fourth-order valence-electron chi connectivity index (χ4n) is 3.71. The van der Waals surface area contributed by atoms with E-state index in [9.17, 15) is 14.0 Å². The molecule has 0 radical (unpaired) electrons. The highest BCUT2D eigenvalue weighted by molar-refractivity contribution is 6.00. The van der Waals surface area contributed by atoms with Crippen molar-refractivity contribution in [1.29, 1.82) is 0 Å². The lowest BCUT2D eigenvalue weighted by molar-refractivity contribution is -0.126. The number of anilines is 1. The third-order valence-electron chi connectivity index (χ3n) is 5.30. The molecule has 1 aromatic heterocycles. The number of carbonyl (C=O) groups excluding carboxylic acids is 2. The minimum atomic E-state index is -0.407. The summed E-state index contributed by atoms with van der Waals surface area (Å²) in [5.74, 6) is -0.242. The van der Waals surface area contributed by atoms with Crippen LogP contribution in [0.5, 0.6) is 5.75 Å². The maximum Gasteiger partial charge on any atom is 0.227 e. The number of amides is 2. The molecule has 2 aromatic carbocycles. The Hall–Kier alpha value is -3.35. The molecule has 4 rings (SSSR count). The molecule has 0 aliphatic carbocycles. The third-order valence-corrected chi connectivity index (χ3v) is 5.30. The van der Waals surface area contributed by atoms with Crippen molar-refractivity contribution in [1.82, 2.24) is 10.3 Å². The van der Waals surface area contributed by atoms with E-state index >= 15 is 0 Å². The van der Waals surface area contributed by atoms with Crippen molar-refractivity contribution in [2.45, 2.75) is 12.8 Å². The molecule has 1 aliphatic rings. The molecule has 6 nitrogen and oxygen atoms in total. The Morgan fingerprint density at radius 2 is 2.07 bits per heavy atom. The number of hydrogen-bond acceptors (Lipinski definition) is 3. The molecule has 7 heteroatoms. The lowest BCUT2D eigenvalue weighted by Crippen LogP contribution is -2.34. The number of aromatic amines is 1. The lowest BCUT2D eigenvalue weighted by Gasteiger charge is -2.16. The first-order valence-corrected chi connectivity index (χ1v) is 9.53. The molecule has 2 heterocycles. The van der Waals surface area contributed by atoms with Crippen molar-refractivity contribution < 1.29 is 18.7 Å². The summed E-state index contributed by atoms with van der Waals surface area (Å²) in [4.78, 5) is 29.6. The summed E-state index contributed by atoms with van der Waals surface area (Å²) < 4.78 is 18.4. The Bertz CT molecular complexity index is 1050. The summed E-state index contributed by atoms with van der Waals surface area (Å²) in [5, 5.41) is 4.00. The maximum atomic E-state index is 13.1. The van der Waals surface area contributed by atoms with Gasteiger partial charge in [0.05, 0.1) is 13.0 Å². The molecule has 0 bridgehead atoms. The van der Waals surface area contributed by atoms with Crippen LogP contribution in [-0.2, 0) is 16.0 Å². The Morgan fingerprint density at radius 1 is 1.28 bits per heavy atom. The normalized spacial score (nSPS) is 16.4. The fraction of sp³-hybridized carbons (Fsp3) is 0.273.